The van der Waals surface area contributed by atoms with Crippen LogP contribution in [0.5, 0.6) is 0 Å². The number of nitrogen functional groups attached to an aromatic ring is 2. The molecule has 10 heteroatoms. The topological polar surface area (TPSA) is 141 Å². The van der Waals surface area contributed by atoms with E-state index in [1.807, 2.05) is 48.5 Å². The van der Waals surface area contributed by atoms with Gasteiger partial charge in [-0.1, -0.05) is 42.1 Å². The fourth-order valence-corrected chi connectivity index (χ4v) is 4.02. The van der Waals surface area contributed by atoms with Crippen LogP contribution in [0.4, 0.5) is 11.8 Å². The first kappa shape index (κ1) is 18.1. The summed E-state index contributed by atoms with van der Waals surface area (Å²) in [5.41, 5.74) is 13.7. The molecule has 0 saturated heterocycles. The van der Waals surface area contributed by atoms with E-state index in [0.717, 1.165) is 5.69 Å². The summed E-state index contributed by atoms with van der Waals surface area (Å²) >= 11 is 1.39. The average molecular weight is 416 g/mol. The van der Waals surface area contributed by atoms with Crippen molar-refractivity contribution in [2.45, 2.75) is 10.9 Å². The molecule has 0 fully saturated rings. The maximum absolute atomic E-state index is 13.2. The summed E-state index contributed by atoms with van der Waals surface area (Å²) in [6.07, 6.45) is 0. The van der Waals surface area contributed by atoms with Gasteiger partial charge in [0.2, 0.25) is 5.95 Å². The van der Waals surface area contributed by atoms with Gasteiger partial charge in [-0.05, 0) is 24.3 Å². The van der Waals surface area contributed by atoms with Gasteiger partial charge in [0.05, 0.1) is 22.3 Å². The summed E-state index contributed by atoms with van der Waals surface area (Å²) in [7, 11) is 0. The predicted octanol–water partition coefficient (Wildman–Crippen LogP) is 2.51. The van der Waals surface area contributed by atoms with Gasteiger partial charge >= 0.3 is 0 Å². The molecule has 148 valence electrons. The molecular formula is C20H16N8OS. The molecule has 0 amide bonds. The smallest absolute Gasteiger partial charge is 0.265 e. The Morgan fingerprint density at radius 3 is 2.53 bits per heavy atom. The summed E-state index contributed by atoms with van der Waals surface area (Å²) in [5, 5.41) is 1.15. The molecule has 0 aliphatic heterocycles. The van der Waals surface area contributed by atoms with Gasteiger partial charge in [0.1, 0.15) is 11.3 Å². The second-order valence-electron chi connectivity index (χ2n) is 6.52. The zero-order valence-electron chi connectivity index (χ0n) is 15.6. The lowest BCUT2D eigenvalue weighted by Crippen LogP contribution is -2.23. The molecule has 3 heterocycles. The molecule has 0 atom stereocenters. The quantitative estimate of drug-likeness (QED) is 0.379. The number of aromatic nitrogens is 6. The summed E-state index contributed by atoms with van der Waals surface area (Å²) in [6.45, 7) is 0. The number of imidazole rings is 1. The van der Waals surface area contributed by atoms with Crippen molar-refractivity contribution >= 4 is 45.6 Å². The lowest BCUT2D eigenvalue weighted by Gasteiger charge is -2.13. The Hall–Kier alpha value is -3.92. The number of nitrogens with zero attached hydrogens (tertiary/aromatic N) is 5. The first-order valence-corrected chi connectivity index (χ1v) is 10.1. The van der Waals surface area contributed by atoms with E-state index in [2.05, 4.69) is 19.9 Å². The van der Waals surface area contributed by atoms with Gasteiger partial charge < -0.3 is 16.5 Å². The average Bonchev–Trinajstić information content (AvgIpc) is 3.16. The Morgan fingerprint density at radius 2 is 1.70 bits per heavy atom. The molecule has 3 aromatic heterocycles. The number of nitrogens with two attached hydrogens (primary N) is 2. The number of benzene rings is 2. The number of rotatable bonds is 4. The first-order valence-electron chi connectivity index (χ1n) is 9.08. The van der Waals surface area contributed by atoms with Crippen molar-refractivity contribution in [1.29, 1.82) is 0 Å². The zero-order chi connectivity index (χ0) is 20.7. The van der Waals surface area contributed by atoms with Crippen LogP contribution in [0.15, 0.2) is 64.5 Å². The number of thioether (sulfide) groups is 1. The third kappa shape index (κ3) is 3.12. The van der Waals surface area contributed by atoms with E-state index >= 15 is 0 Å². The third-order valence-corrected chi connectivity index (χ3v) is 5.44. The highest BCUT2D eigenvalue weighted by Gasteiger charge is 2.15. The maximum atomic E-state index is 13.2. The zero-order valence-corrected chi connectivity index (χ0v) is 16.4. The van der Waals surface area contributed by atoms with Crippen molar-refractivity contribution < 1.29 is 0 Å². The Bertz CT molecular complexity index is 1440. The van der Waals surface area contributed by atoms with Crippen LogP contribution < -0.4 is 17.0 Å². The number of hydrogen-bond donors (Lipinski definition) is 3. The van der Waals surface area contributed by atoms with Crippen LogP contribution in [0.25, 0.3) is 27.8 Å². The van der Waals surface area contributed by atoms with Crippen molar-refractivity contribution in [1.82, 2.24) is 29.5 Å². The van der Waals surface area contributed by atoms with Crippen molar-refractivity contribution in [3.8, 4) is 5.69 Å². The van der Waals surface area contributed by atoms with E-state index in [4.69, 9.17) is 16.5 Å². The van der Waals surface area contributed by atoms with Crippen molar-refractivity contribution in [2.75, 3.05) is 11.5 Å². The Labute approximate surface area is 174 Å². The van der Waals surface area contributed by atoms with Gasteiger partial charge in [-0.2, -0.15) is 9.97 Å². The molecule has 30 heavy (non-hydrogen) atoms. The number of para-hydroxylation sites is 2. The lowest BCUT2D eigenvalue weighted by molar-refractivity contribution is 0.882. The van der Waals surface area contributed by atoms with Crippen molar-refractivity contribution in [3.05, 3.63) is 70.8 Å². The van der Waals surface area contributed by atoms with Crippen LogP contribution in [-0.2, 0) is 5.75 Å². The molecule has 0 aliphatic rings. The van der Waals surface area contributed by atoms with Crippen molar-refractivity contribution in [3.63, 3.8) is 0 Å². The monoisotopic (exact) mass is 416 g/mol. The number of aromatic amines is 1. The van der Waals surface area contributed by atoms with Gasteiger partial charge in [-0.25, -0.2) is 9.97 Å². The number of nitrogens with one attached hydrogen (secondary N) is 1. The molecule has 0 radical (unpaired) electrons. The van der Waals surface area contributed by atoms with E-state index < -0.39 is 0 Å². The minimum Gasteiger partial charge on any atom is -0.382 e. The van der Waals surface area contributed by atoms with Crippen LogP contribution in [0.3, 0.4) is 0 Å². The highest BCUT2D eigenvalue weighted by molar-refractivity contribution is 7.98. The van der Waals surface area contributed by atoms with E-state index in [-0.39, 0.29) is 17.3 Å². The largest absolute Gasteiger partial charge is 0.382 e. The van der Waals surface area contributed by atoms with Crippen molar-refractivity contribution in [2.24, 2.45) is 0 Å². The van der Waals surface area contributed by atoms with Crippen LogP contribution >= 0.6 is 11.8 Å². The molecule has 5 N–H and O–H groups in total. The summed E-state index contributed by atoms with van der Waals surface area (Å²) < 4.78 is 1.63. The number of hydrogen-bond acceptors (Lipinski definition) is 8. The van der Waals surface area contributed by atoms with Crippen LogP contribution in [0.2, 0.25) is 0 Å². The maximum Gasteiger partial charge on any atom is 0.265 e. The minimum absolute atomic E-state index is 0.0668. The molecule has 0 aliphatic carbocycles. The molecule has 5 rings (SSSR count). The first-order chi connectivity index (χ1) is 14.6. The van der Waals surface area contributed by atoms with Crippen LogP contribution in [0.1, 0.15) is 5.82 Å². The Balaban J connectivity index is 1.58. The van der Waals surface area contributed by atoms with E-state index in [1.54, 1.807) is 10.6 Å². The second-order valence-corrected chi connectivity index (χ2v) is 7.48. The molecule has 0 spiro atoms. The number of H-pyrrole nitrogens is 1. The van der Waals surface area contributed by atoms with Gasteiger partial charge in [0.25, 0.3) is 5.56 Å². The van der Waals surface area contributed by atoms with Gasteiger partial charge in [-0.15, -0.1) is 0 Å². The number of fused-ring (bicyclic) bond motifs is 2. The molecule has 0 saturated carbocycles. The fraction of sp³-hybridized carbons (Fsp3) is 0.0500. The molecular weight excluding hydrogens is 400 g/mol. The summed E-state index contributed by atoms with van der Waals surface area (Å²) in [6, 6.07) is 16.8. The van der Waals surface area contributed by atoms with Gasteiger partial charge in [0, 0.05) is 0 Å². The molecule has 0 unspecified atom stereocenters. The minimum atomic E-state index is -0.116. The second kappa shape index (κ2) is 7.16. The van der Waals surface area contributed by atoms with E-state index in [1.165, 1.54) is 11.8 Å². The normalized spacial score (nSPS) is 11.3. The molecule has 0 bridgehead atoms. The van der Waals surface area contributed by atoms with Gasteiger partial charge in [-0.3, -0.25) is 9.36 Å². The number of anilines is 2. The molecule has 5 aromatic rings. The molecule has 2 aromatic carbocycles. The van der Waals surface area contributed by atoms with Crippen LogP contribution in [0, 0.1) is 0 Å². The predicted molar refractivity (Wildman–Crippen MR) is 117 cm³/mol. The van der Waals surface area contributed by atoms with Crippen LogP contribution in [-0.4, -0.2) is 29.5 Å². The SMILES string of the molecule is Nc1nc(N)c2[nH]c(SCc3nc4ccccc4c(=O)n3-c3ccccc3)nc2n1. The highest BCUT2D eigenvalue weighted by Crippen LogP contribution is 2.25. The fourth-order valence-electron chi connectivity index (χ4n) is 3.24. The Kier molecular flexibility index (Phi) is 4.32. The third-order valence-electron chi connectivity index (χ3n) is 4.57. The Morgan fingerprint density at radius 1 is 0.933 bits per heavy atom. The standard InChI is InChI=1S/C20H16N8OS/c21-16-15-17(26-19(22)25-16)27-20(24-15)30-10-14-23-13-9-5-4-8-12(13)18(29)28(14)11-6-2-1-3-7-11/h1-9H,10H2,(H5,21,22,24,25,26,27). The summed E-state index contributed by atoms with van der Waals surface area (Å²) in [5.74, 6) is 1.31. The highest BCUT2D eigenvalue weighted by atomic mass is 32.2. The summed E-state index contributed by atoms with van der Waals surface area (Å²) in [4.78, 5) is 33.5. The van der Waals surface area contributed by atoms with E-state index in [9.17, 15) is 4.79 Å². The molecule has 9 nitrogen and oxygen atoms in total. The van der Waals surface area contributed by atoms with E-state index in [0.29, 0.717) is 38.8 Å². The van der Waals surface area contributed by atoms with Gasteiger partial charge in [0.15, 0.2) is 16.6 Å². The lowest BCUT2D eigenvalue weighted by atomic mass is 10.2.